The van der Waals surface area contributed by atoms with Crippen LogP contribution in [0.2, 0.25) is 0 Å². The lowest BCUT2D eigenvalue weighted by atomic mass is 9.89. The minimum Gasteiger partial charge on any atom is -0.299 e. The maximum Gasteiger partial charge on any atom is 0.144 e. The Hall–Kier alpha value is -1.41. The van der Waals surface area contributed by atoms with Crippen molar-refractivity contribution in [3.8, 4) is 0 Å². The molecular weight excluding hydrogens is 300 g/mol. The summed E-state index contributed by atoms with van der Waals surface area (Å²) in [6.07, 6.45) is 1.35. The molecule has 0 N–H and O–H groups in total. The van der Waals surface area contributed by atoms with Gasteiger partial charge in [-0.15, -0.1) is 0 Å². The van der Waals surface area contributed by atoms with Crippen molar-refractivity contribution in [2.75, 3.05) is 0 Å². The van der Waals surface area contributed by atoms with Crippen molar-refractivity contribution in [2.45, 2.75) is 25.7 Å². The Balaban J connectivity index is 2.13. The molecule has 0 aromatic heterocycles. The predicted molar refractivity (Wildman–Crippen MR) is 82.3 cm³/mol. The van der Waals surface area contributed by atoms with Gasteiger partial charge in [0.1, 0.15) is 5.78 Å². The van der Waals surface area contributed by atoms with Crippen LogP contribution in [0.1, 0.15) is 30.4 Å². The molecule has 1 unspecified atom stereocenters. The van der Waals surface area contributed by atoms with Crippen LogP contribution in [-0.2, 0) is 11.2 Å². The van der Waals surface area contributed by atoms with Gasteiger partial charge in [-0.3, -0.25) is 4.79 Å². The van der Waals surface area contributed by atoms with Crippen molar-refractivity contribution >= 4 is 21.7 Å². The number of Topliss-reactive ketones (excluding diaryl/α,β-unsaturated/α-hetero) is 1. The lowest BCUT2D eigenvalue weighted by Crippen LogP contribution is -2.14. The van der Waals surface area contributed by atoms with Crippen LogP contribution in [0, 0.1) is 0 Å². The monoisotopic (exact) mass is 316 g/mol. The zero-order chi connectivity index (χ0) is 13.7. The van der Waals surface area contributed by atoms with Crippen LogP contribution in [0.25, 0.3) is 0 Å². The molecule has 0 aliphatic rings. The first-order valence-corrected chi connectivity index (χ1v) is 7.32. The van der Waals surface area contributed by atoms with E-state index in [-0.39, 0.29) is 11.7 Å². The zero-order valence-corrected chi connectivity index (χ0v) is 12.6. The van der Waals surface area contributed by atoms with Gasteiger partial charge < -0.3 is 0 Å². The minimum absolute atomic E-state index is 0.00620. The molecule has 0 amide bonds. The van der Waals surface area contributed by atoms with Gasteiger partial charge in [0.15, 0.2) is 0 Å². The van der Waals surface area contributed by atoms with E-state index in [9.17, 15) is 4.79 Å². The summed E-state index contributed by atoms with van der Waals surface area (Å²) in [4.78, 5) is 12.4. The Morgan fingerprint density at radius 1 is 1.05 bits per heavy atom. The van der Waals surface area contributed by atoms with E-state index in [1.807, 2.05) is 54.6 Å². The van der Waals surface area contributed by atoms with Crippen LogP contribution in [0.15, 0.2) is 59.1 Å². The van der Waals surface area contributed by atoms with Crippen LogP contribution < -0.4 is 0 Å². The van der Waals surface area contributed by atoms with E-state index in [1.165, 1.54) is 0 Å². The Morgan fingerprint density at radius 2 is 1.68 bits per heavy atom. The summed E-state index contributed by atoms with van der Waals surface area (Å²) >= 11 is 3.42. The van der Waals surface area contributed by atoms with E-state index in [4.69, 9.17) is 0 Å². The average Bonchev–Trinajstić information content (AvgIpc) is 2.43. The fraction of sp³-hybridized carbons (Fsp3) is 0.235. The van der Waals surface area contributed by atoms with Gasteiger partial charge in [-0.05, 0) is 29.7 Å². The number of rotatable bonds is 5. The summed E-state index contributed by atoms with van der Waals surface area (Å²) in [5.41, 5.74) is 2.19. The summed E-state index contributed by atoms with van der Waals surface area (Å²) in [6, 6.07) is 18.0. The minimum atomic E-state index is -0.00620. The molecular formula is C17H17BrO. The van der Waals surface area contributed by atoms with Crippen LogP contribution in [0.5, 0.6) is 0 Å². The third-order valence-corrected chi connectivity index (χ3v) is 3.82. The summed E-state index contributed by atoms with van der Waals surface area (Å²) in [5.74, 6) is 0.282. The molecule has 0 spiro atoms. The van der Waals surface area contributed by atoms with Crippen LogP contribution in [0.3, 0.4) is 0 Å². The SMILES string of the molecule is CCC(C(=O)Cc1ccccc1)c1ccc(Br)cc1. The van der Waals surface area contributed by atoms with Crippen molar-refractivity contribution in [1.29, 1.82) is 0 Å². The van der Waals surface area contributed by atoms with E-state index >= 15 is 0 Å². The second-order valence-corrected chi connectivity index (χ2v) is 5.56. The first kappa shape index (κ1) is 14.0. The highest BCUT2D eigenvalue weighted by molar-refractivity contribution is 9.10. The second kappa shape index (κ2) is 6.67. The van der Waals surface area contributed by atoms with Crippen LogP contribution in [-0.4, -0.2) is 5.78 Å². The van der Waals surface area contributed by atoms with E-state index in [1.54, 1.807) is 0 Å². The molecule has 1 nitrogen and oxygen atoms in total. The quantitative estimate of drug-likeness (QED) is 0.777. The molecule has 2 aromatic rings. The van der Waals surface area contributed by atoms with Crippen molar-refractivity contribution in [3.05, 3.63) is 70.2 Å². The van der Waals surface area contributed by atoms with E-state index in [0.29, 0.717) is 6.42 Å². The molecule has 0 saturated heterocycles. The maximum atomic E-state index is 12.4. The highest BCUT2D eigenvalue weighted by atomic mass is 79.9. The predicted octanol–water partition coefficient (Wildman–Crippen LogP) is 4.75. The molecule has 0 bridgehead atoms. The highest BCUT2D eigenvalue weighted by Gasteiger charge is 2.18. The standard InChI is InChI=1S/C17H17BrO/c1-2-16(14-8-10-15(18)11-9-14)17(19)12-13-6-4-3-5-7-13/h3-11,16H,2,12H2,1H3. The second-order valence-electron chi connectivity index (χ2n) is 4.64. The molecule has 1 atom stereocenters. The zero-order valence-electron chi connectivity index (χ0n) is 11.0. The third kappa shape index (κ3) is 3.77. The summed E-state index contributed by atoms with van der Waals surface area (Å²) in [6.45, 7) is 2.07. The summed E-state index contributed by atoms with van der Waals surface area (Å²) < 4.78 is 1.04. The van der Waals surface area contributed by atoms with Crippen LogP contribution in [0.4, 0.5) is 0 Å². The molecule has 0 fully saturated rings. The van der Waals surface area contributed by atoms with Gasteiger partial charge in [0, 0.05) is 16.8 Å². The van der Waals surface area contributed by atoms with Gasteiger partial charge in [-0.25, -0.2) is 0 Å². The molecule has 2 heteroatoms. The van der Waals surface area contributed by atoms with Crippen molar-refractivity contribution in [2.24, 2.45) is 0 Å². The number of ketones is 1. The fourth-order valence-electron chi connectivity index (χ4n) is 2.26. The van der Waals surface area contributed by atoms with Gasteiger partial charge in [0.25, 0.3) is 0 Å². The topological polar surface area (TPSA) is 17.1 Å². The summed E-state index contributed by atoms with van der Waals surface area (Å²) in [5, 5.41) is 0. The van der Waals surface area contributed by atoms with Gasteiger partial charge in [-0.1, -0.05) is 65.3 Å². The molecule has 0 heterocycles. The number of carbonyl (C=O) groups excluding carboxylic acids is 1. The molecule has 19 heavy (non-hydrogen) atoms. The smallest absolute Gasteiger partial charge is 0.144 e. The molecule has 0 radical (unpaired) electrons. The van der Waals surface area contributed by atoms with E-state index in [0.717, 1.165) is 22.0 Å². The fourth-order valence-corrected chi connectivity index (χ4v) is 2.53. The number of benzene rings is 2. The van der Waals surface area contributed by atoms with Crippen molar-refractivity contribution < 1.29 is 4.79 Å². The molecule has 0 aliphatic heterocycles. The first-order valence-electron chi connectivity index (χ1n) is 6.52. The molecule has 98 valence electrons. The highest BCUT2D eigenvalue weighted by Crippen LogP contribution is 2.24. The largest absolute Gasteiger partial charge is 0.299 e. The Labute approximate surface area is 122 Å². The molecule has 2 rings (SSSR count). The van der Waals surface area contributed by atoms with Crippen LogP contribution >= 0.6 is 15.9 Å². The normalized spacial score (nSPS) is 12.1. The number of carbonyl (C=O) groups is 1. The molecule has 2 aromatic carbocycles. The van der Waals surface area contributed by atoms with Gasteiger partial charge in [0.2, 0.25) is 0 Å². The Kier molecular flexibility index (Phi) is 4.92. The van der Waals surface area contributed by atoms with Gasteiger partial charge >= 0.3 is 0 Å². The Morgan fingerprint density at radius 3 is 2.26 bits per heavy atom. The summed E-state index contributed by atoms with van der Waals surface area (Å²) in [7, 11) is 0. The number of hydrogen-bond donors (Lipinski definition) is 0. The van der Waals surface area contributed by atoms with Gasteiger partial charge in [-0.2, -0.15) is 0 Å². The molecule has 0 aliphatic carbocycles. The first-order chi connectivity index (χ1) is 9.20. The molecule has 0 saturated carbocycles. The van der Waals surface area contributed by atoms with Crippen molar-refractivity contribution in [3.63, 3.8) is 0 Å². The van der Waals surface area contributed by atoms with Crippen molar-refractivity contribution in [1.82, 2.24) is 0 Å². The van der Waals surface area contributed by atoms with E-state index in [2.05, 4.69) is 22.9 Å². The third-order valence-electron chi connectivity index (χ3n) is 3.29. The number of hydrogen-bond acceptors (Lipinski definition) is 1. The number of halogens is 1. The lowest BCUT2D eigenvalue weighted by Gasteiger charge is -2.14. The lowest BCUT2D eigenvalue weighted by molar-refractivity contribution is -0.119. The van der Waals surface area contributed by atoms with Gasteiger partial charge in [0.05, 0.1) is 0 Å². The van der Waals surface area contributed by atoms with E-state index < -0.39 is 0 Å². The maximum absolute atomic E-state index is 12.4. The Bertz CT molecular complexity index is 531. The average molecular weight is 317 g/mol.